The number of urea groups is 1. The third-order valence-corrected chi connectivity index (χ3v) is 6.85. The van der Waals surface area contributed by atoms with Crippen LogP contribution in [0.25, 0.3) is 17.0 Å². The van der Waals surface area contributed by atoms with Crippen molar-refractivity contribution in [3.05, 3.63) is 107 Å². The second-order valence-electron chi connectivity index (χ2n) is 9.18. The number of carbonyl (C=O) groups excluding carboxylic acids is 3. The maximum atomic E-state index is 14.3. The number of hydrogen-bond donors (Lipinski definition) is 1. The van der Waals surface area contributed by atoms with Crippen molar-refractivity contribution >= 4 is 40.5 Å². The molecule has 4 amide bonds. The highest BCUT2D eigenvalue weighted by molar-refractivity contribution is 6.39. The number of nitrogens with one attached hydrogen (secondary N) is 1. The van der Waals surface area contributed by atoms with Gasteiger partial charge in [0.2, 0.25) is 0 Å². The van der Waals surface area contributed by atoms with Crippen molar-refractivity contribution in [3.63, 3.8) is 0 Å². The normalized spacial score (nSPS) is 15.9. The predicted molar refractivity (Wildman–Crippen MR) is 142 cm³/mol. The van der Waals surface area contributed by atoms with Gasteiger partial charge < -0.3 is 4.57 Å². The van der Waals surface area contributed by atoms with E-state index in [1.54, 1.807) is 36.5 Å². The highest BCUT2D eigenvalue weighted by Crippen LogP contribution is 2.28. The first-order chi connectivity index (χ1) is 17.9. The van der Waals surface area contributed by atoms with Gasteiger partial charge in [0, 0.05) is 28.2 Å². The number of halogens is 1. The zero-order valence-corrected chi connectivity index (χ0v) is 20.6. The molecule has 0 saturated carbocycles. The van der Waals surface area contributed by atoms with Crippen LogP contribution in [0.5, 0.6) is 0 Å². The molecule has 1 aromatic heterocycles. The Labute approximate surface area is 214 Å². The van der Waals surface area contributed by atoms with Crippen LogP contribution >= 0.6 is 0 Å². The number of para-hydroxylation sites is 1. The lowest BCUT2D eigenvalue weighted by atomic mass is 9.98. The number of carbonyl (C=O) groups is 3. The topological polar surface area (TPSA) is 71.4 Å². The summed E-state index contributed by atoms with van der Waals surface area (Å²) in [6.45, 7) is 4.48. The number of anilines is 1. The average Bonchev–Trinajstić information content (AvgIpc) is 3.25. The summed E-state index contributed by atoms with van der Waals surface area (Å²) in [4.78, 5) is 39.8. The molecule has 0 radical (unpaired) electrons. The zero-order chi connectivity index (χ0) is 26.1. The van der Waals surface area contributed by atoms with Crippen LogP contribution in [0.2, 0.25) is 0 Å². The van der Waals surface area contributed by atoms with Crippen molar-refractivity contribution in [1.82, 2.24) is 9.88 Å². The van der Waals surface area contributed by atoms with Crippen LogP contribution < -0.4 is 10.2 Å². The largest absolute Gasteiger partial charge is 0.342 e. The van der Waals surface area contributed by atoms with Crippen LogP contribution in [0.3, 0.4) is 0 Å². The van der Waals surface area contributed by atoms with Crippen LogP contribution in [-0.2, 0) is 16.1 Å². The molecule has 186 valence electrons. The fourth-order valence-electron chi connectivity index (χ4n) is 4.57. The van der Waals surface area contributed by atoms with E-state index < -0.39 is 17.8 Å². The molecule has 0 unspecified atom stereocenters. The van der Waals surface area contributed by atoms with Crippen molar-refractivity contribution in [2.45, 2.75) is 32.7 Å². The zero-order valence-electron chi connectivity index (χ0n) is 20.6. The molecule has 0 spiro atoms. The Bertz CT molecular complexity index is 1550. The van der Waals surface area contributed by atoms with E-state index in [0.29, 0.717) is 22.7 Å². The second-order valence-corrected chi connectivity index (χ2v) is 9.18. The first-order valence-electron chi connectivity index (χ1n) is 12.2. The number of imide groups is 2. The molecule has 5 rings (SSSR count). The molecule has 1 N–H and O–H groups in total. The fourth-order valence-corrected chi connectivity index (χ4v) is 4.57. The van der Waals surface area contributed by atoms with Gasteiger partial charge in [0.05, 0.1) is 12.2 Å². The minimum atomic E-state index is -0.787. The molecule has 6 nitrogen and oxygen atoms in total. The number of amides is 4. The minimum Gasteiger partial charge on any atom is -0.342 e. The molecule has 37 heavy (non-hydrogen) atoms. The van der Waals surface area contributed by atoms with Gasteiger partial charge in [0.1, 0.15) is 11.4 Å². The molecule has 7 heteroatoms. The van der Waals surface area contributed by atoms with Crippen molar-refractivity contribution in [2.75, 3.05) is 4.90 Å². The molecular formula is C30H26FN3O3. The number of aromatic nitrogens is 1. The van der Waals surface area contributed by atoms with E-state index in [2.05, 4.69) is 19.2 Å². The predicted octanol–water partition coefficient (Wildman–Crippen LogP) is 6.01. The van der Waals surface area contributed by atoms with Gasteiger partial charge in [-0.25, -0.2) is 14.1 Å². The minimum absolute atomic E-state index is 0.153. The van der Waals surface area contributed by atoms with E-state index in [0.717, 1.165) is 27.8 Å². The Hall–Kier alpha value is -4.52. The number of benzene rings is 3. The van der Waals surface area contributed by atoms with Gasteiger partial charge in [-0.05, 0) is 48.2 Å². The number of nitrogens with zero attached hydrogens (tertiary/aromatic N) is 2. The standard InChI is InChI=1S/C30H26FN3O3/c1-3-19(2)20-12-14-23(15-13-20)34-29(36)25(28(35)32-30(34)37)16-22-18-33(27-11-7-5-9-24(22)27)17-21-8-4-6-10-26(21)31/h4-16,18-19H,3,17H2,1-2H3,(H,32,35,37)/b25-16-/t19-/m1/s1. The van der Waals surface area contributed by atoms with Gasteiger partial charge in [0.15, 0.2) is 0 Å². The Kier molecular flexibility index (Phi) is 6.44. The third kappa shape index (κ3) is 4.56. The molecule has 1 aliphatic heterocycles. The quantitative estimate of drug-likeness (QED) is 0.263. The highest BCUT2D eigenvalue weighted by Gasteiger charge is 2.37. The maximum Gasteiger partial charge on any atom is 0.335 e. The summed E-state index contributed by atoms with van der Waals surface area (Å²) in [6, 6.07) is 20.5. The molecule has 4 aromatic rings. The Morgan fingerprint density at radius 2 is 1.65 bits per heavy atom. The lowest BCUT2D eigenvalue weighted by Crippen LogP contribution is -2.54. The van der Waals surface area contributed by atoms with E-state index in [9.17, 15) is 18.8 Å². The first kappa shape index (κ1) is 24.2. The van der Waals surface area contributed by atoms with Crippen LogP contribution in [0, 0.1) is 5.82 Å². The van der Waals surface area contributed by atoms with E-state index >= 15 is 0 Å². The number of fused-ring (bicyclic) bond motifs is 1. The molecule has 1 atom stereocenters. The van der Waals surface area contributed by atoms with Crippen molar-refractivity contribution in [1.29, 1.82) is 0 Å². The van der Waals surface area contributed by atoms with E-state index in [-0.39, 0.29) is 17.9 Å². The van der Waals surface area contributed by atoms with Crippen LogP contribution in [0.15, 0.2) is 84.6 Å². The summed E-state index contributed by atoms with van der Waals surface area (Å²) >= 11 is 0. The molecule has 1 fully saturated rings. The summed E-state index contributed by atoms with van der Waals surface area (Å²) in [6.07, 6.45) is 4.24. The van der Waals surface area contributed by atoms with Gasteiger partial charge in [0.25, 0.3) is 11.8 Å². The molecular weight excluding hydrogens is 469 g/mol. The Morgan fingerprint density at radius 1 is 0.946 bits per heavy atom. The summed E-state index contributed by atoms with van der Waals surface area (Å²) < 4.78 is 16.2. The number of rotatable bonds is 6. The van der Waals surface area contributed by atoms with Crippen LogP contribution in [-0.4, -0.2) is 22.4 Å². The van der Waals surface area contributed by atoms with Crippen molar-refractivity contribution in [2.24, 2.45) is 0 Å². The van der Waals surface area contributed by atoms with Crippen molar-refractivity contribution < 1.29 is 18.8 Å². The Morgan fingerprint density at radius 3 is 2.38 bits per heavy atom. The van der Waals surface area contributed by atoms with Gasteiger partial charge >= 0.3 is 6.03 Å². The van der Waals surface area contributed by atoms with Gasteiger partial charge in [-0.1, -0.05) is 62.4 Å². The molecule has 1 aliphatic rings. The third-order valence-electron chi connectivity index (χ3n) is 6.85. The van der Waals surface area contributed by atoms with E-state index in [4.69, 9.17) is 0 Å². The maximum absolute atomic E-state index is 14.3. The highest BCUT2D eigenvalue weighted by atomic mass is 19.1. The smallest absolute Gasteiger partial charge is 0.335 e. The SMILES string of the molecule is CC[C@@H](C)c1ccc(N2C(=O)NC(=O)/C(=C/c3cn(Cc4ccccc4F)c4ccccc34)C2=O)cc1. The molecule has 1 saturated heterocycles. The lowest BCUT2D eigenvalue weighted by molar-refractivity contribution is -0.122. The first-order valence-corrected chi connectivity index (χ1v) is 12.2. The lowest BCUT2D eigenvalue weighted by Gasteiger charge is -2.26. The second kappa shape index (κ2) is 9.85. The summed E-state index contributed by atoms with van der Waals surface area (Å²) in [7, 11) is 0. The molecule has 0 bridgehead atoms. The fraction of sp³-hybridized carbons (Fsp3) is 0.167. The van der Waals surface area contributed by atoms with Gasteiger partial charge in [-0.2, -0.15) is 0 Å². The monoisotopic (exact) mass is 495 g/mol. The van der Waals surface area contributed by atoms with E-state index in [1.807, 2.05) is 41.0 Å². The van der Waals surface area contributed by atoms with E-state index in [1.165, 1.54) is 12.1 Å². The number of barbiturate groups is 1. The van der Waals surface area contributed by atoms with Gasteiger partial charge in [-0.15, -0.1) is 0 Å². The molecule has 0 aliphatic carbocycles. The van der Waals surface area contributed by atoms with Crippen LogP contribution in [0.1, 0.15) is 42.9 Å². The van der Waals surface area contributed by atoms with Crippen LogP contribution in [0.4, 0.5) is 14.9 Å². The Balaban J connectivity index is 1.53. The van der Waals surface area contributed by atoms with Crippen molar-refractivity contribution in [3.8, 4) is 0 Å². The molecule has 3 aromatic carbocycles. The average molecular weight is 496 g/mol. The van der Waals surface area contributed by atoms with Gasteiger partial charge in [-0.3, -0.25) is 14.9 Å². The number of hydrogen-bond acceptors (Lipinski definition) is 3. The summed E-state index contributed by atoms with van der Waals surface area (Å²) in [5, 5.41) is 3.08. The summed E-state index contributed by atoms with van der Waals surface area (Å²) in [5.74, 6) is -1.42. The summed E-state index contributed by atoms with van der Waals surface area (Å²) in [5.41, 5.74) is 3.30. The molecule has 2 heterocycles.